The Morgan fingerprint density at radius 2 is 1.97 bits per heavy atom. The summed E-state index contributed by atoms with van der Waals surface area (Å²) in [5, 5.41) is 8.85. The highest BCUT2D eigenvalue weighted by Crippen LogP contribution is 2.20. The lowest BCUT2D eigenvalue weighted by Crippen LogP contribution is -2.35. The van der Waals surface area contributed by atoms with Crippen LogP contribution in [0, 0.1) is 11.3 Å². The molecule has 1 atom stereocenters. The van der Waals surface area contributed by atoms with Crippen molar-refractivity contribution in [3.8, 4) is 11.8 Å². The van der Waals surface area contributed by atoms with E-state index in [1.807, 2.05) is 30.3 Å². The van der Waals surface area contributed by atoms with Crippen LogP contribution in [0.4, 0.5) is 0 Å². The topological polar surface area (TPSA) is 99.5 Å². The maximum absolute atomic E-state index is 12.6. The van der Waals surface area contributed by atoms with Crippen molar-refractivity contribution in [1.82, 2.24) is 9.62 Å². The van der Waals surface area contributed by atoms with Gasteiger partial charge in [-0.1, -0.05) is 12.1 Å². The van der Waals surface area contributed by atoms with Crippen LogP contribution in [0.1, 0.15) is 30.4 Å². The Bertz CT molecular complexity index is 1010. The van der Waals surface area contributed by atoms with Crippen molar-refractivity contribution < 1.29 is 17.9 Å². The number of nitriles is 1. The van der Waals surface area contributed by atoms with E-state index < -0.39 is 10.0 Å². The van der Waals surface area contributed by atoms with Crippen LogP contribution >= 0.6 is 0 Å². The molecule has 7 nitrogen and oxygen atoms in total. The molecule has 2 aromatic carbocycles. The molecule has 152 valence electrons. The molecule has 1 heterocycles. The molecule has 1 N–H and O–H groups in total. The molecule has 0 spiro atoms. The molecular weight excluding hydrogens is 390 g/mol. The minimum Gasteiger partial charge on any atom is -0.497 e. The Labute approximate surface area is 171 Å². The molecule has 3 rings (SSSR count). The highest BCUT2D eigenvalue weighted by Gasteiger charge is 2.26. The first-order valence-corrected chi connectivity index (χ1v) is 10.8. The quantitative estimate of drug-likeness (QED) is 0.784. The second-order valence-corrected chi connectivity index (χ2v) is 8.66. The van der Waals surface area contributed by atoms with Gasteiger partial charge in [0.05, 0.1) is 23.6 Å². The van der Waals surface area contributed by atoms with Gasteiger partial charge in [-0.25, -0.2) is 13.1 Å². The number of benzene rings is 2. The molecule has 0 aromatic heterocycles. The van der Waals surface area contributed by atoms with E-state index in [2.05, 4.69) is 4.72 Å². The number of rotatable bonds is 6. The van der Waals surface area contributed by atoms with E-state index in [9.17, 15) is 13.2 Å². The number of methoxy groups -OCH3 is 1. The third-order valence-electron chi connectivity index (χ3n) is 4.93. The van der Waals surface area contributed by atoms with Crippen molar-refractivity contribution in [3.63, 3.8) is 0 Å². The zero-order chi connectivity index (χ0) is 20.9. The molecule has 1 aliphatic heterocycles. The molecule has 1 unspecified atom stereocenters. The number of hydrogen-bond acceptors (Lipinski definition) is 5. The molecule has 1 amide bonds. The van der Waals surface area contributed by atoms with Gasteiger partial charge in [-0.3, -0.25) is 4.79 Å². The summed E-state index contributed by atoms with van der Waals surface area (Å²) in [4.78, 5) is 14.4. The smallest absolute Gasteiger partial charge is 0.240 e. The predicted molar refractivity (Wildman–Crippen MR) is 108 cm³/mol. The fourth-order valence-electron chi connectivity index (χ4n) is 3.31. The van der Waals surface area contributed by atoms with Crippen LogP contribution in [-0.4, -0.2) is 38.9 Å². The van der Waals surface area contributed by atoms with Gasteiger partial charge >= 0.3 is 0 Å². The Morgan fingerprint density at radius 1 is 1.21 bits per heavy atom. The standard InChI is InChI=1S/C21H23N3O4S/c1-28-19-4-2-3-17(13-19)15-24-12-11-18(7-10-21(24)25)23-29(26,27)20-8-5-16(14-22)6-9-20/h2-6,8-9,13,18,23H,7,10-12,15H2,1H3. The summed E-state index contributed by atoms with van der Waals surface area (Å²) in [5.41, 5.74) is 1.37. The lowest BCUT2D eigenvalue weighted by Gasteiger charge is -2.21. The molecule has 8 heteroatoms. The number of carbonyl (C=O) groups is 1. The van der Waals surface area contributed by atoms with E-state index in [0.717, 1.165) is 11.3 Å². The summed E-state index contributed by atoms with van der Waals surface area (Å²) >= 11 is 0. The number of carbonyl (C=O) groups excluding carboxylic acids is 1. The number of ether oxygens (including phenoxy) is 1. The molecule has 1 fully saturated rings. The van der Waals surface area contributed by atoms with Crippen molar-refractivity contribution in [1.29, 1.82) is 5.26 Å². The van der Waals surface area contributed by atoms with E-state index in [0.29, 0.717) is 31.5 Å². The first-order chi connectivity index (χ1) is 13.9. The van der Waals surface area contributed by atoms with Gasteiger partial charge in [-0.15, -0.1) is 0 Å². The number of hydrogen-bond donors (Lipinski definition) is 1. The van der Waals surface area contributed by atoms with Crippen LogP contribution in [0.15, 0.2) is 53.4 Å². The van der Waals surface area contributed by atoms with Gasteiger partial charge in [0.2, 0.25) is 15.9 Å². The van der Waals surface area contributed by atoms with Gasteiger partial charge in [0, 0.05) is 25.6 Å². The van der Waals surface area contributed by atoms with Crippen LogP contribution in [-0.2, 0) is 21.4 Å². The summed E-state index contributed by atoms with van der Waals surface area (Å²) in [6, 6.07) is 15.0. The lowest BCUT2D eigenvalue weighted by atomic mass is 10.1. The second-order valence-electron chi connectivity index (χ2n) is 6.95. The molecule has 29 heavy (non-hydrogen) atoms. The summed E-state index contributed by atoms with van der Waals surface area (Å²) in [5.74, 6) is 0.741. The third kappa shape index (κ3) is 5.34. The zero-order valence-corrected chi connectivity index (χ0v) is 17.0. The number of nitrogens with zero attached hydrogens (tertiary/aromatic N) is 2. The van der Waals surface area contributed by atoms with Crippen molar-refractivity contribution in [2.24, 2.45) is 0 Å². The van der Waals surface area contributed by atoms with Gasteiger partial charge in [0.15, 0.2) is 0 Å². The molecule has 2 aromatic rings. The highest BCUT2D eigenvalue weighted by atomic mass is 32.2. The second kappa shape index (κ2) is 9.07. The predicted octanol–water partition coefficient (Wildman–Crippen LogP) is 2.43. The number of amides is 1. The minimum absolute atomic E-state index is 0.00731. The maximum Gasteiger partial charge on any atom is 0.240 e. The molecule has 1 aliphatic rings. The Kier molecular flexibility index (Phi) is 6.52. The van der Waals surface area contributed by atoms with E-state index in [1.165, 1.54) is 24.3 Å². The Balaban J connectivity index is 1.65. The summed E-state index contributed by atoms with van der Waals surface area (Å²) in [7, 11) is -2.11. The zero-order valence-electron chi connectivity index (χ0n) is 16.2. The maximum atomic E-state index is 12.6. The fourth-order valence-corrected chi connectivity index (χ4v) is 4.61. The largest absolute Gasteiger partial charge is 0.497 e. The average molecular weight is 413 g/mol. The van der Waals surface area contributed by atoms with Gasteiger partial charge in [0.25, 0.3) is 0 Å². The lowest BCUT2D eigenvalue weighted by molar-refractivity contribution is -0.131. The molecule has 0 saturated carbocycles. The number of likely N-dealkylation sites (tertiary alicyclic amines) is 1. The SMILES string of the molecule is COc1cccc(CN2CCC(NS(=O)(=O)c3ccc(C#N)cc3)CCC2=O)c1. The first kappa shape index (κ1) is 20.8. The van der Waals surface area contributed by atoms with Gasteiger partial charge in [0.1, 0.15) is 5.75 Å². The first-order valence-electron chi connectivity index (χ1n) is 9.34. The van der Waals surface area contributed by atoms with E-state index in [1.54, 1.807) is 12.0 Å². The molecule has 0 aliphatic carbocycles. The van der Waals surface area contributed by atoms with Crippen molar-refractivity contribution in [3.05, 3.63) is 59.7 Å². The summed E-state index contributed by atoms with van der Waals surface area (Å²) in [6.07, 6.45) is 1.26. The van der Waals surface area contributed by atoms with Gasteiger partial charge in [-0.05, 0) is 54.8 Å². The van der Waals surface area contributed by atoms with E-state index >= 15 is 0 Å². The van der Waals surface area contributed by atoms with E-state index in [-0.39, 0.29) is 23.3 Å². The van der Waals surface area contributed by atoms with Crippen molar-refractivity contribution in [2.45, 2.75) is 36.7 Å². The molecular formula is C21H23N3O4S. The van der Waals surface area contributed by atoms with Crippen LogP contribution in [0.5, 0.6) is 5.75 Å². The summed E-state index contributed by atoms with van der Waals surface area (Å²) < 4.78 is 33.2. The number of nitrogens with one attached hydrogen (secondary N) is 1. The monoisotopic (exact) mass is 413 g/mol. The van der Waals surface area contributed by atoms with Crippen LogP contribution in [0.2, 0.25) is 0 Å². The third-order valence-corrected chi connectivity index (χ3v) is 6.47. The Morgan fingerprint density at radius 3 is 2.66 bits per heavy atom. The van der Waals surface area contributed by atoms with Crippen LogP contribution < -0.4 is 9.46 Å². The normalized spacial score (nSPS) is 17.4. The van der Waals surface area contributed by atoms with Gasteiger partial charge < -0.3 is 9.64 Å². The summed E-state index contributed by atoms with van der Waals surface area (Å²) in [6.45, 7) is 0.932. The van der Waals surface area contributed by atoms with E-state index in [4.69, 9.17) is 10.00 Å². The fraction of sp³-hybridized carbons (Fsp3) is 0.333. The van der Waals surface area contributed by atoms with Crippen molar-refractivity contribution >= 4 is 15.9 Å². The minimum atomic E-state index is -3.71. The molecule has 0 radical (unpaired) electrons. The van der Waals surface area contributed by atoms with Crippen LogP contribution in [0.25, 0.3) is 0 Å². The molecule has 1 saturated heterocycles. The Hall–Kier alpha value is -2.89. The van der Waals surface area contributed by atoms with Gasteiger partial charge in [-0.2, -0.15) is 5.26 Å². The number of sulfonamides is 1. The molecule has 0 bridgehead atoms. The van der Waals surface area contributed by atoms with Crippen molar-refractivity contribution in [2.75, 3.05) is 13.7 Å². The van der Waals surface area contributed by atoms with Crippen LogP contribution in [0.3, 0.4) is 0 Å². The highest BCUT2D eigenvalue weighted by molar-refractivity contribution is 7.89. The average Bonchev–Trinajstić information content (AvgIpc) is 2.90.